The molecular formula is C11H16FN2O3-. The zero-order valence-electron chi connectivity index (χ0n) is 10.4. The van der Waals surface area contributed by atoms with E-state index < -0.39 is 17.5 Å². The van der Waals surface area contributed by atoms with Crippen molar-refractivity contribution in [3.05, 3.63) is 29.0 Å². The molecular weight excluding hydrogens is 227 g/mol. The van der Waals surface area contributed by atoms with Crippen LogP contribution in [0.15, 0.2) is 23.8 Å². The first-order valence-corrected chi connectivity index (χ1v) is 5.17. The summed E-state index contributed by atoms with van der Waals surface area (Å²) in [5.74, 6) is -0.684. The monoisotopic (exact) mass is 243 g/mol. The van der Waals surface area contributed by atoms with Crippen LogP contribution in [0.3, 0.4) is 0 Å². The summed E-state index contributed by atoms with van der Waals surface area (Å²) in [4.78, 5) is 12.8. The van der Waals surface area contributed by atoms with Crippen molar-refractivity contribution >= 4 is 6.09 Å². The van der Waals surface area contributed by atoms with Gasteiger partial charge < -0.3 is 15.0 Å². The number of carbonyl (C=O) groups excluding carboxylic acids is 1. The van der Waals surface area contributed by atoms with E-state index in [1.165, 1.54) is 7.05 Å². The summed E-state index contributed by atoms with van der Waals surface area (Å²) in [5.41, 5.74) is -0.374. The first-order valence-electron chi connectivity index (χ1n) is 5.17. The van der Waals surface area contributed by atoms with Crippen molar-refractivity contribution in [3.8, 4) is 0 Å². The third-order valence-electron chi connectivity index (χ3n) is 1.99. The molecule has 0 radical (unpaired) electrons. The first-order chi connectivity index (χ1) is 7.69. The second-order valence-corrected chi connectivity index (χ2v) is 4.76. The number of likely N-dealkylation sites (N-methyl/N-ethyl adjacent to an activating group) is 1. The van der Waals surface area contributed by atoms with Crippen molar-refractivity contribution in [2.45, 2.75) is 26.4 Å². The molecule has 96 valence electrons. The fourth-order valence-electron chi connectivity index (χ4n) is 1.24. The van der Waals surface area contributed by atoms with Gasteiger partial charge in [-0.1, -0.05) is 0 Å². The van der Waals surface area contributed by atoms with Crippen LogP contribution in [0.2, 0.25) is 0 Å². The third kappa shape index (κ3) is 4.07. The van der Waals surface area contributed by atoms with Crippen molar-refractivity contribution < 1.29 is 13.9 Å². The summed E-state index contributed by atoms with van der Waals surface area (Å²) in [6, 6.07) is 0. The van der Waals surface area contributed by atoms with Crippen LogP contribution in [0.4, 0.5) is 9.18 Å². The molecule has 6 heteroatoms. The number of amides is 1. The highest BCUT2D eigenvalue weighted by atomic mass is 19.1. The van der Waals surface area contributed by atoms with Gasteiger partial charge in [-0.2, -0.15) is 0 Å². The Morgan fingerprint density at radius 2 is 2.18 bits per heavy atom. The Hall–Kier alpha value is -1.56. The first kappa shape index (κ1) is 13.5. The van der Waals surface area contributed by atoms with Crippen LogP contribution in [0.5, 0.6) is 0 Å². The minimum atomic E-state index is -0.684. The lowest BCUT2D eigenvalue weighted by Crippen LogP contribution is -2.36. The topological polar surface area (TPSA) is 55.8 Å². The number of rotatable bonds is 1. The highest BCUT2D eigenvalue weighted by molar-refractivity contribution is 5.70. The zero-order valence-corrected chi connectivity index (χ0v) is 10.4. The van der Waals surface area contributed by atoms with E-state index in [0.717, 1.165) is 17.2 Å². The molecule has 1 rings (SSSR count). The molecule has 0 fully saturated rings. The van der Waals surface area contributed by atoms with Gasteiger partial charge in [0.2, 0.25) is 0 Å². The van der Waals surface area contributed by atoms with Crippen LogP contribution in [0.1, 0.15) is 20.8 Å². The quantitative estimate of drug-likeness (QED) is 0.709. The number of hydrogen-bond acceptors (Lipinski definition) is 4. The smallest absolute Gasteiger partial charge is 0.414 e. The fraction of sp³-hybridized carbons (Fsp3) is 0.545. The van der Waals surface area contributed by atoms with Gasteiger partial charge in [-0.15, -0.1) is 0 Å². The number of allylic oxidation sites excluding steroid dienone is 2. The second-order valence-electron chi connectivity index (χ2n) is 4.76. The Bertz CT molecular complexity index is 371. The minimum absolute atomic E-state index is 0.0802. The number of hydroxylamine groups is 2. The summed E-state index contributed by atoms with van der Waals surface area (Å²) < 4.78 is 18.1. The molecule has 1 aliphatic heterocycles. The Morgan fingerprint density at radius 1 is 1.59 bits per heavy atom. The van der Waals surface area contributed by atoms with Crippen molar-refractivity contribution in [1.82, 2.24) is 9.96 Å². The SMILES string of the molecule is CN(C(=O)OC(C)(C)C)C1=CC(F)=CN([O-])C1. The highest BCUT2D eigenvalue weighted by Gasteiger charge is 2.23. The molecule has 0 spiro atoms. The summed E-state index contributed by atoms with van der Waals surface area (Å²) >= 11 is 0. The molecule has 0 atom stereocenters. The molecule has 0 aliphatic carbocycles. The van der Waals surface area contributed by atoms with Gasteiger partial charge in [-0.05, 0) is 26.8 Å². The van der Waals surface area contributed by atoms with Crippen molar-refractivity contribution in [1.29, 1.82) is 0 Å². The molecule has 0 aromatic rings. The number of hydrogen-bond donors (Lipinski definition) is 0. The van der Waals surface area contributed by atoms with Crippen LogP contribution in [-0.4, -0.2) is 35.2 Å². The summed E-state index contributed by atoms with van der Waals surface area (Å²) in [6.45, 7) is 5.11. The van der Waals surface area contributed by atoms with E-state index in [0.29, 0.717) is 5.06 Å². The van der Waals surface area contributed by atoms with Crippen molar-refractivity contribution in [2.75, 3.05) is 13.6 Å². The second kappa shape index (κ2) is 4.75. The van der Waals surface area contributed by atoms with E-state index in [1.807, 2.05) is 0 Å². The Labute approximate surface area is 99.7 Å². The lowest BCUT2D eigenvalue weighted by atomic mass is 10.2. The van der Waals surface area contributed by atoms with E-state index in [-0.39, 0.29) is 12.2 Å². The molecule has 0 saturated heterocycles. The molecule has 1 aliphatic rings. The highest BCUT2D eigenvalue weighted by Crippen LogP contribution is 2.18. The number of halogens is 1. The predicted molar refractivity (Wildman–Crippen MR) is 61.3 cm³/mol. The van der Waals surface area contributed by atoms with E-state index in [4.69, 9.17) is 4.74 Å². The van der Waals surface area contributed by atoms with Gasteiger partial charge in [0.05, 0.1) is 0 Å². The maximum Gasteiger partial charge on any atom is 0.414 e. The average Bonchev–Trinajstić information content (AvgIpc) is 2.12. The summed E-state index contributed by atoms with van der Waals surface area (Å²) in [7, 11) is 1.44. The van der Waals surface area contributed by atoms with E-state index in [2.05, 4.69) is 0 Å². The van der Waals surface area contributed by atoms with Crippen molar-refractivity contribution in [3.63, 3.8) is 0 Å². The molecule has 17 heavy (non-hydrogen) atoms. The van der Waals surface area contributed by atoms with E-state index in [1.54, 1.807) is 20.8 Å². The molecule has 0 saturated carbocycles. The Morgan fingerprint density at radius 3 is 2.65 bits per heavy atom. The molecule has 0 aromatic carbocycles. The predicted octanol–water partition coefficient (Wildman–Crippen LogP) is 2.36. The van der Waals surface area contributed by atoms with E-state index in [9.17, 15) is 14.4 Å². The van der Waals surface area contributed by atoms with Gasteiger partial charge in [0.25, 0.3) is 0 Å². The Balaban J connectivity index is 2.74. The van der Waals surface area contributed by atoms with Crippen molar-refractivity contribution in [2.24, 2.45) is 0 Å². The fourth-order valence-corrected chi connectivity index (χ4v) is 1.24. The molecule has 1 heterocycles. The van der Waals surface area contributed by atoms with Gasteiger partial charge in [0.15, 0.2) is 0 Å². The van der Waals surface area contributed by atoms with Gasteiger partial charge in [-0.3, -0.25) is 4.90 Å². The van der Waals surface area contributed by atoms with Crippen LogP contribution in [0.25, 0.3) is 0 Å². The lowest BCUT2D eigenvalue weighted by Gasteiger charge is -2.34. The lowest BCUT2D eigenvalue weighted by molar-refractivity contribution is 0.0345. The largest absolute Gasteiger partial charge is 0.758 e. The normalized spacial score (nSPS) is 16.2. The molecule has 5 nitrogen and oxygen atoms in total. The number of nitrogens with zero attached hydrogens (tertiary/aromatic N) is 2. The molecule has 0 aromatic heterocycles. The average molecular weight is 243 g/mol. The van der Waals surface area contributed by atoms with Gasteiger partial charge in [0.1, 0.15) is 11.4 Å². The molecule has 1 amide bonds. The van der Waals surface area contributed by atoms with Crippen LogP contribution in [0, 0.1) is 5.21 Å². The van der Waals surface area contributed by atoms with Gasteiger partial charge >= 0.3 is 6.09 Å². The van der Waals surface area contributed by atoms with Gasteiger partial charge in [0, 0.05) is 25.5 Å². The standard InChI is InChI=1S/C11H16FN2O3/c1-11(2,3)17-10(15)13(4)9-5-8(12)6-14(16)7-9/h5-6H,7H2,1-4H3/q-1. The minimum Gasteiger partial charge on any atom is -0.758 e. The maximum atomic E-state index is 13.0. The van der Waals surface area contributed by atoms with Gasteiger partial charge in [-0.25, -0.2) is 9.18 Å². The molecule has 0 unspecified atom stereocenters. The number of ether oxygens (including phenoxy) is 1. The van der Waals surface area contributed by atoms with Crippen LogP contribution >= 0.6 is 0 Å². The van der Waals surface area contributed by atoms with E-state index >= 15 is 0 Å². The summed E-state index contributed by atoms with van der Waals surface area (Å²) in [5, 5.41) is 11.5. The van der Waals surface area contributed by atoms with Crippen LogP contribution in [-0.2, 0) is 4.74 Å². The zero-order chi connectivity index (χ0) is 13.2. The molecule has 0 bridgehead atoms. The molecule has 0 N–H and O–H groups in total. The Kier molecular flexibility index (Phi) is 3.77. The number of carbonyl (C=O) groups is 1. The maximum absolute atomic E-state index is 13.0. The van der Waals surface area contributed by atoms with Crippen LogP contribution < -0.4 is 0 Å². The third-order valence-corrected chi connectivity index (χ3v) is 1.99. The summed E-state index contributed by atoms with van der Waals surface area (Å²) in [6.07, 6.45) is 1.34.